The molecule has 1 N–H and O–H groups in total. The Balaban J connectivity index is 1.62. The Kier molecular flexibility index (Phi) is 6.25. The fraction of sp³-hybridized carbons (Fsp3) is 0.684. The fourth-order valence-electron chi connectivity index (χ4n) is 3.75. The molecule has 4 nitrogen and oxygen atoms in total. The number of halogens is 2. The first-order chi connectivity index (χ1) is 12.1. The van der Waals surface area contributed by atoms with E-state index in [4.69, 9.17) is 9.47 Å². The molecule has 2 aliphatic rings. The van der Waals surface area contributed by atoms with E-state index in [1.54, 1.807) is 0 Å². The van der Waals surface area contributed by atoms with Crippen molar-refractivity contribution in [1.82, 2.24) is 4.90 Å². The van der Waals surface area contributed by atoms with Crippen molar-refractivity contribution in [2.24, 2.45) is 0 Å². The maximum absolute atomic E-state index is 13.3. The van der Waals surface area contributed by atoms with E-state index in [2.05, 4.69) is 4.90 Å². The molecular formula is C19H27F2NO3. The van der Waals surface area contributed by atoms with Gasteiger partial charge < -0.3 is 14.6 Å². The molecule has 1 aromatic carbocycles. The molecule has 6 heteroatoms. The van der Waals surface area contributed by atoms with Crippen molar-refractivity contribution < 1.29 is 23.4 Å². The van der Waals surface area contributed by atoms with Crippen molar-refractivity contribution in [3.8, 4) is 5.75 Å². The molecule has 0 aromatic heterocycles. The van der Waals surface area contributed by atoms with Gasteiger partial charge in [0.25, 0.3) is 0 Å². The molecule has 1 aliphatic carbocycles. The molecule has 140 valence electrons. The van der Waals surface area contributed by atoms with E-state index in [-0.39, 0.29) is 19.0 Å². The zero-order valence-electron chi connectivity index (χ0n) is 14.6. The quantitative estimate of drug-likeness (QED) is 0.843. The van der Waals surface area contributed by atoms with Gasteiger partial charge in [0.05, 0.1) is 13.2 Å². The smallest absolute Gasteiger partial charge is 0.162 e. The topological polar surface area (TPSA) is 41.9 Å². The van der Waals surface area contributed by atoms with Crippen molar-refractivity contribution >= 4 is 0 Å². The zero-order valence-corrected chi connectivity index (χ0v) is 14.6. The Morgan fingerprint density at radius 1 is 1.16 bits per heavy atom. The van der Waals surface area contributed by atoms with Crippen LogP contribution in [0.2, 0.25) is 0 Å². The van der Waals surface area contributed by atoms with Crippen molar-refractivity contribution in [1.29, 1.82) is 0 Å². The summed E-state index contributed by atoms with van der Waals surface area (Å²) >= 11 is 0. The maximum atomic E-state index is 13.3. The number of β-amino-alcohol motifs (C(OH)–C–C–N with tert-alkyl or cyclic N) is 1. The summed E-state index contributed by atoms with van der Waals surface area (Å²) < 4.78 is 37.4. The summed E-state index contributed by atoms with van der Waals surface area (Å²) in [6.45, 7) is 2.03. The predicted molar refractivity (Wildman–Crippen MR) is 90.7 cm³/mol. The lowest BCUT2D eigenvalue weighted by atomic mass is 10.0. The standard InChI is InChI=1S/C19H27F2NO3/c20-17-8-7-16(11-18(17)21)25-14-19(23)12-22(9-10-24-13-19)15-5-3-1-2-4-6-15/h7-8,11,15,23H,1-6,9-10,12-14H2/t19-/m0/s1. The third kappa shape index (κ3) is 5.12. The van der Waals surface area contributed by atoms with Crippen molar-refractivity contribution in [3.63, 3.8) is 0 Å². The molecule has 0 bridgehead atoms. The number of rotatable bonds is 4. The predicted octanol–water partition coefficient (Wildman–Crippen LogP) is 3.13. The molecule has 25 heavy (non-hydrogen) atoms. The first-order valence-corrected chi connectivity index (χ1v) is 9.18. The second kappa shape index (κ2) is 8.43. The summed E-state index contributed by atoms with van der Waals surface area (Å²) in [4.78, 5) is 2.31. The van der Waals surface area contributed by atoms with E-state index in [0.717, 1.165) is 31.5 Å². The highest BCUT2D eigenvalue weighted by molar-refractivity contribution is 5.23. The van der Waals surface area contributed by atoms with Crippen molar-refractivity contribution in [3.05, 3.63) is 29.8 Å². The number of benzene rings is 1. The maximum Gasteiger partial charge on any atom is 0.162 e. The summed E-state index contributed by atoms with van der Waals surface area (Å²) in [5.74, 6) is -1.66. The average molecular weight is 355 g/mol. The summed E-state index contributed by atoms with van der Waals surface area (Å²) in [5.41, 5.74) is -1.16. The van der Waals surface area contributed by atoms with Crippen LogP contribution in [-0.4, -0.2) is 54.6 Å². The zero-order chi connectivity index (χ0) is 17.7. The van der Waals surface area contributed by atoms with Gasteiger partial charge in [-0.25, -0.2) is 8.78 Å². The normalized spacial score (nSPS) is 26.8. The second-order valence-corrected chi connectivity index (χ2v) is 7.26. The lowest BCUT2D eigenvalue weighted by Gasteiger charge is -2.35. The van der Waals surface area contributed by atoms with Crippen LogP contribution in [0.5, 0.6) is 5.75 Å². The Bertz CT molecular complexity index is 564. The fourth-order valence-corrected chi connectivity index (χ4v) is 3.75. The van der Waals surface area contributed by atoms with Crippen LogP contribution in [0.4, 0.5) is 8.78 Å². The summed E-state index contributed by atoms with van der Waals surface area (Å²) in [6.07, 6.45) is 7.33. The molecule has 1 saturated heterocycles. The van der Waals surface area contributed by atoms with Crippen LogP contribution in [0.15, 0.2) is 18.2 Å². The van der Waals surface area contributed by atoms with Crippen molar-refractivity contribution in [2.75, 3.05) is 32.9 Å². The van der Waals surface area contributed by atoms with E-state index in [1.165, 1.54) is 31.7 Å². The third-order valence-electron chi connectivity index (χ3n) is 5.13. The van der Waals surface area contributed by atoms with E-state index in [0.29, 0.717) is 19.2 Å². The summed E-state index contributed by atoms with van der Waals surface area (Å²) in [6, 6.07) is 3.86. The molecule has 0 amide bonds. The molecule has 1 aromatic rings. The molecule has 0 unspecified atom stereocenters. The number of hydrogen-bond donors (Lipinski definition) is 1. The molecule has 0 radical (unpaired) electrons. The van der Waals surface area contributed by atoms with Crippen LogP contribution >= 0.6 is 0 Å². The van der Waals surface area contributed by atoms with E-state index >= 15 is 0 Å². The largest absolute Gasteiger partial charge is 0.490 e. The van der Waals surface area contributed by atoms with Gasteiger partial charge in [0.2, 0.25) is 0 Å². The number of aliphatic hydroxyl groups is 1. The minimum Gasteiger partial charge on any atom is -0.490 e. The van der Waals surface area contributed by atoms with Gasteiger partial charge >= 0.3 is 0 Å². The summed E-state index contributed by atoms with van der Waals surface area (Å²) in [7, 11) is 0. The Morgan fingerprint density at radius 2 is 1.92 bits per heavy atom. The minimum absolute atomic E-state index is 0.0126. The van der Waals surface area contributed by atoms with Crippen LogP contribution in [-0.2, 0) is 4.74 Å². The first kappa shape index (κ1) is 18.5. The molecule has 3 rings (SSSR count). The van der Waals surface area contributed by atoms with Gasteiger partial charge in [0.15, 0.2) is 11.6 Å². The molecule has 2 fully saturated rings. The van der Waals surface area contributed by atoms with Crippen LogP contribution in [0, 0.1) is 11.6 Å². The highest BCUT2D eigenvalue weighted by Gasteiger charge is 2.36. The Morgan fingerprint density at radius 3 is 2.64 bits per heavy atom. The average Bonchev–Trinajstić information content (AvgIpc) is 2.97. The van der Waals surface area contributed by atoms with E-state index in [1.807, 2.05) is 0 Å². The number of ether oxygens (including phenoxy) is 2. The lowest BCUT2D eigenvalue weighted by Crippen LogP contribution is -2.51. The van der Waals surface area contributed by atoms with Gasteiger partial charge in [-0.1, -0.05) is 25.7 Å². The molecule has 1 saturated carbocycles. The summed E-state index contributed by atoms with van der Waals surface area (Å²) in [5, 5.41) is 10.9. The van der Waals surface area contributed by atoms with Crippen LogP contribution in [0.1, 0.15) is 38.5 Å². The minimum atomic E-state index is -1.16. The lowest BCUT2D eigenvalue weighted by molar-refractivity contribution is -0.0676. The molecule has 1 heterocycles. The van der Waals surface area contributed by atoms with Crippen LogP contribution in [0.25, 0.3) is 0 Å². The van der Waals surface area contributed by atoms with Crippen molar-refractivity contribution in [2.45, 2.75) is 50.2 Å². The number of hydrogen-bond acceptors (Lipinski definition) is 4. The SMILES string of the molecule is O[C@]1(COc2ccc(F)c(F)c2)COCCN(C2CCCCCC2)C1. The number of nitrogens with zero attached hydrogens (tertiary/aromatic N) is 1. The van der Waals surface area contributed by atoms with Gasteiger partial charge in [-0.2, -0.15) is 0 Å². The Hall–Kier alpha value is -1.24. The first-order valence-electron chi connectivity index (χ1n) is 9.18. The van der Waals surface area contributed by atoms with Gasteiger partial charge in [-0.3, -0.25) is 4.90 Å². The molecule has 0 spiro atoms. The highest BCUT2D eigenvalue weighted by atomic mass is 19.2. The monoisotopic (exact) mass is 355 g/mol. The third-order valence-corrected chi connectivity index (χ3v) is 5.13. The van der Waals surface area contributed by atoms with Gasteiger partial charge in [0, 0.05) is 25.2 Å². The molecule has 1 atom stereocenters. The van der Waals surface area contributed by atoms with Crippen LogP contribution in [0.3, 0.4) is 0 Å². The van der Waals surface area contributed by atoms with E-state index in [9.17, 15) is 13.9 Å². The molecule has 1 aliphatic heterocycles. The van der Waals surface area contributed by atoms with Gasteiger partial charge in [-0.05, 0) is 25.0 Å². The van der Waals surface area contributed by atoms with E-state index < -0.39 is 17.2 Å². The van der Waals surface area contributed by atoms with Gasteiger partial charge in [-0.15, -0.1) is 0 Å². The van der Waals surface area contributed by atoms with Gasteiger partial charge in [0.1, 0.15) is 18.0 Å². The second-order valence-electron chi connectivity index (χ2n) is 7.26. The van der Waals surface area contributed by atoms with Crippen LogP contribution < -0.4 is 4.74 Å². The highest BCUT2D eigenvalue weighted by Crippen LogP contribution is 2.25. The Labute approximate surface area is 147 Å². The molecular weight excluding hydrogens is 328 g/mol.